The molecule has 0 amide bonds. The van der Waals surface area contributed by atoms with E-state index in [9.17, 15) is 8.78 Å². The molecule has 0 aliphatic carbocycles. The van der Waals surface area contributed by atoms with Crippen molar-refractivity contribution >= 4 is 11.4 Å². The number of benzene rings is 2. The molecule has 0 aromatic heterocycles. The highest BCUT2D eigenvalue weighted by atomic mass is 19.1. The molecule has 2 aromatic carbocycles. The second-order valence-corrected chi connectivity index (χ2v) is 5.54. The number of nitrogens with zero attached hydrogens (tertiary/aromatic N) is 2. The predicted octanol–water partition coefficient (Wildman–Crippen LogP) is 4.08. The number of rotatable bonds is 2. The van der Waals surface area contributed by atoms with Crippen molar-refractivity contribution in [2.24, 2.45) is 0 Å². The third-order valence-corrected chi connectivity index (χ3v) is 4.29. The smallest absolute Gasteiger partial charge is 0.131 e. The molecule has 0 spiro atoms. The first kappa shape index (κ1) is 13.9. The van der Waals surface area contributed by atoms with E-state index in [-0.39, 0.29) is 6.17 Å². The summed E-state index contributed by atoms with van der Waals surface area (Å²) in [7, 11) is 2.03. The molecule has 0 radical (unpaired) electrons. The molecular weight excluding hydrogens is 270 g/mol. The zero-order valence-corrected chi connectivity index (χ0v) is 12.4. The number of anilines is 2. The molecule has 1 atom stereocenters. The zero-order chi connectivity index (χ0) is 15.1. The molecule has 2 nitrogen and oxygen atoms in total. The SMILES string of the molecule is Cc1cc(F)cc(F)c1CN1c2ccccc2N(C)C1C. The van der Waals surface area contributed by atoms with Crippen LogP contribution >= 0.6 is 0 Å². The van der Waals surface area contributed by atoms with E-state index in [1.54, 1.807) is 6.92 Å². The van der Waals surface area contributed by atoms with E-state index in [1.807, 2.05) is 25.2 Å². The van der Waals surface area contributed by atoms with Crippen molar-refractivity contribution in [1.82, 2.24) is 0 Å². The lowest BCUT2D eigenvalue weighted by molar-refractivity contribution is 0.560. The molecule has 0 bridgehead atoms. The van der Waals surface area contributed by atoms with Gasteiger partial charge in [0.2, 0.25) is 0 Å². The summed E-state index contributed by atoms with van der Waals surface area (Å²) >= 11 is 0. The van der Waals surface area contributed by atoms with Gasteiger partial charge in [-0.05, 0) is 37.6 Å². The van der Waals surface area contributed by atoms with E-state index < -0.39 is 11.6 Å². The normalized spacial score (nSPS) is 17.3. The van der Waals surface area contributed by atoms with Crippen LogP contribution in [0.5, 0.6) is 0 Å². The highest BCUT2D eigenvalue weighted by molar-refractivity contribution is 5.77. The van der Waals surface area contributed by atoms with Gasteiger partial charge in [-0.3, -0.25) is 0 Å². The fourth-order valence-electron chi connectivity index (χ4n) is 2.94. The van der Waals surface area contributed by atoms with Gasteiger partial charge in [0.15, 0.2) is 0 Å². The summed E-state index contributed by atoms with van der Waals surface area (Å²) in [6, 6.07) is 10.4. The van der Waals surface area contributed by atoms with Gasteiger partial charge in [0.05, 0.1) is 17.5 Å². The molecule has 110 valence electrons. The van der Waals surface area contributed by atoms with Gasteiger partial charge in [-0.1, -0.05) is 12.1 Å². The molecule has 0 saturated heterocycles. The standard InChI is InChI=1S/C17H18F2N2/c1-11-8-13(18)9-15(19)14(11)10-21-12(2)20(3)16-6-4-5-7-17(16)21/h4-9,12H,10H2,1-3H3. The first-order valence-electron chi connectivity index (χ1n) is 7.02. The van der Waals surface area contributed by atoms with Crippen LogP contribution in [0.1, 0.15) is 18.1 Å². The lowest BCUT2D eigenvalue weighted by Crippen LogP contribution is -2.38. The quantitative estimate of drug-likeness (QED) is 0.821. The monoisotopic (exact) mass is 288 g/mol. The Morgan fingerprint density at radius 2 is 1.76 bits per heavy atom. The molecule has 4 heteroatoms. The average molecular weight is 288 g/mol. The van der Waals surface area contributed by atoms with E-state index in [0.717, 1.165) is 17.4 Å². The summed E-state index contributed by atoms with van der Waals surface area (Å²) in [5, 5.41) is 0. The fraction of sp³-hybridized carbons (Fsp3) is 0.294. The molecule has 2 aromatic rings. The Kier molecular flexibility index (Phi) is 3.32. The Morgan fingerprint density at radius 1 is 1.10 bits per heavy atom. The topological polar surface area (TPSA) is 6.48 Å². The van der Waals surface area contributed by atoms with Crippen LogP contribution in [-0.4, -0.2) is 13.2 Å². The van der Waals surface area contributed by atoms with Crippen LogP contribution in [0.15, 0.2) is 36.4 Å². The first-order chi connectivity index (χ1) is 9.99. The second-order valence-electron chi connectivity index (χ2n) is 5.54. The zero-order valence-electron chi connectivity index (χ0n) is 12.4. The lowest BCUT2D eigenvalue weighted by atomic mass is 10.1. The Labute approximate surface area is 123 Å². The van der Waals surface area contributed by atoms with E-state index in [0.29, 0.717) is 17.7 Å². The Balaban J connectivity index is 2.00. The Bertz CT molecular complexity index is 661. The van der Waals surface area contributed by atoms with Crippen molar-refractivity contribution < 1.29 is 8.78 Å². The van der Waals surface area contributed by atoms with Gasteiger partial charge in [0, 0.05) is 25.2 Å². The van der Waals surface area contributed by atoms with Crippen molar-refractivity contribution in [1.29, 1.82) is 0 Å². The molecule has 1 unspecified atom stereocenters. The van der Waals surface area contributed by atoms with E-state index in [2.05, 4.69) is 22.8 Å². The van der Waals surface area contributed by atoms with Crippen LogP contribution < -0.4 is 9.80 Å². The molecule has 3 rings (SSSR count). The van der Waals surface area contributed by atoms with Gasteiger partial charge in [-0.2, -0.15) is 0 Å². The maximum Gasteiger partial charge on any atom is 0.131 e. The van der Waals surface area contributed by atoms with Crippen LogP contribution in [0.4, 0.5) is 20.2 Å². The van der Waals surface area contributed by atoms with Gasteiger partial charge >= 0.3 is 0 Å². The minimum atomic E-state index is -0.527. The minimum absolute atomic E-state index is 0.131. The maximum absolute atomic E-state index is 14.1. The maximum atomic E-state index is 14.1. The molecule has 1 aliphatic heterocycles. The largest absolute Gasteiger partial charge is 0.353 e. The van der Waals surface area contributed by atoms with E-state index >= 15 is 0 Å². The van der Waals surface area contributed by atoms with Gasteiger partial charge in [-0.15, -0.1) is 0 Å². The molecule has 1 aliphatic rings. The summed E-state index contributed by atoms with van der Waals surface area (Å²) in [4.78, 5) is 4.30. The van der Waals surface area contributed by atoms with Crippen molar-refractivity contribution in [2.75, 3.05) is 16.8 Å². The van der Waals surface area contributed by atoms with Crippen molar-refractivity contribution in [2.45, 2.75) is 26.6 Å². The number of aryl methyl sites for hydroxylation is 1. The average Bonchev–Trinajstić information content (AvgIpc) is 2.67. The van der Waals surface area contributed by atoms with Crippen LogP contribution in [0.2, 0.25) is 0 Å². The van der Waals surface area contributed by atoms with Crippen molar-refractivity contribution in [3.05, 3.63) is 59.2 Å². The predicted molar refractivity (Wildman–Crippen MR) is 81.6 cm³/mol. The number of hydrogen-bond donors (Lipinski definition) is 0. The lowest BCUT2D eigenvalue weighted by Gasteiger charge is -2.28. The molecule has 0 fully saturated rings. The molecule has 0 saturated carbocycles. The fourth-order valence-corrected chi connectivity index (χ4v) is 2.94. The van der Waals surface area contributed by atoms with Crippen molar-refractivity contribution in [3.8, 4) is 0 Å². The van der Waals surface area contributed by atoms with Gasteiger partial charge in [0.25, 0.3) is 0 Å². The van der Waals surface area contributed by atoms with Gasteiger partial charge in [-0.25, -0.2) is 8.78 Å². The van der Waals surface area contributed by atoms with E-state index in [1.165, 1.54) is 6.07 Å². The summed E-state index contributed by atoms with van der Waals surface area (Å²) in [6.07, 6.45) is 0.131. The van der Waals surface area contributed by atoms with Gasteiger partial charge < -0.3 is 9.80 Å². The highest BCUT2D eigenvalue weighted by Crippen LogP contribution is 2.39. The highest BCUT2D eigenvalue weighted by Gasteiger charge is 2.30. The molecular formula is C17H18F2N2. The number of fused-ring (bicyclic) bond motifs is 1. The minimum Gasteiger partial charge on any atom is -0.353 e. The first-order valence-corrected chi connectivity index (χ1v) is 7.02. The van der Waals surface area contributed by atoms with Crippen molar-refractivity contribution in [3.63, 3.8) is 0 Å². The third kappa shape index (κ3) is 2.24. The summed E-state index contributed by atoms with van der Waals surface area (Å²) in [5.74, 6) is -1.01. The Hall–Kier alpha value is -2.10. The molecule has 1 heterocycles. The second kappa shape index (κ2) is 5.02. The molecule has 21 heavy (non-hydrogen) atoms. The van der Waals surface area contributed by atoms with Crippen LogP contribution in [-0.2, 0) is 6.54 Å². The summed E-state index contributed by atoms with van der Waals surface area (Å²) in [6.45, 7) is 4.26. The number of halogens is 2. The van der Waals surface area contributed by atoms with E-state index in [4.69, 9.17) is 0 Å². The van der Waals surface area contributed by atoms with Crippen LogP contribution in [0.3, 0.4) is 0 Å². The number of hydrogen-bond acceptors (Lipinski definition) is 2. The third-order valence-electron chi connectivity index (χ3n) is 4.29. The Morgan fingerprint density at radius 3 is 2.43 bits per heavy atom. The van der Waals surface area contributed by atoms with Crippen LogP contribution in [0, 0.1) is 18.6 Å². The van der Waals surface area contributed by atoms with Crippen LogP contribution in [0.25, 0.3) is 0 Å². The molecule has 0 N–H and O–H groups in total. The number of para-hydroxylation sites is 2. The summed E-state index contributed by atoms with van der Waals surface area (Å²) in [5.41, 5.74) is 3.40. The van der Waals surface area contributed by atoms with Gasteiger partial charge in [0.1, 0.15) is 11.6 Å². The summed E-state index contributed by atoms with van der Waals surface area (Å²) < 4.78 is 27.3.